The van der Waals surface area contributed by atoms with Crippen LogP contribution in [0.1, 0.15) is 28.8 Å². The molecule has 0 saturated heterocycles. The van der Waals surface area contributed by atoms with Gasteiger partial charge >= 0.3 is 0 Å². The summed E-state index contributed by atoms with van der Waals surface area (Å²) in [5.74, 6) is 0.448. The van der Waals surface area contributed by atoms with Crippen molar-refractivity contribution in [1.29, 1.82) is 0 Å². The van der Waals surface area contributed by atoms with Crippen LogP contribution in [0.3, 0.4) is 0 Å². The summed E-state index contributed by atoms with van der Waals surface area (Å²) in [7, 11) is 0. The van der Waals surface area contributed by atoms with Crippen LogP contribution in [0.2, 0.25) is 5.02 Å². The van der Waals surface area contributed by atoms with Crippen LogP contribution in [0.4, 0.5) is 0 Å². The number of nitrogens with one attached hydrogen (secondary N) is 2. The summed E-state index contributed by atoms with van der Waals surface area (Å²) in [5.41, 5.74) is 1.27. The maximum atomic E-state index is 12.3. The zero-order valence-electron chi connectivity index (χ0n) is 13.8. The van der Waals surface area contributed by atoms with Crippen LogP contribution >= 0.6 is 11.6 Å². The first-order chi connectivity index (χ1) is 12.5. The van der Waals surface area contributed by atoms with E-state index >= 15 is 0 Å². The Kier molecular flexibility index (Phi) is 3.36. The molecule has 0 radical (unpaired) electrons. The molecule has 2 unspecified atom stereocenters. The molecule has 0 spiro atoms. The number of aromatic amines is 1. The van der Waals surface area contributed by atoms with Crippen molar-refractivity contribution in [1.82, 2.24) is 20.5 Å². The number of fused-ring (bicyclic) bond motifs is 2. The highest BCUT2D eigenvalue weighted by Crippen LogP contribution is 2.60. The van der Waals surface area contributed by atoms with Gasteiger partial charge < -0.3 is 10.4 Å². The monoisotopic (exact) mass is 368 g/mol. The lowest BCUT2D eigenvalue weighted by Gasteiger charge is -2.27. The number of aliphatic hydroxyl groups is 1. The summed E-state index contributed by atoms with van der Waals surface area (Å²) in [6, 6.07) is 7.24. The molecule has 132 valence electrons. The Morgan fingerprint density at radius 2 is 2.12 bits per heavy atom. The highest BCUT2D eigenvalue weighted by atomic mass is 35.5. The largest absolute Gasteiger partial charge is 0.385 e. The molecule has 1 aromatic carbocycles. The second-order valence-corrected chi connectivity index (χ2v) is 7.73. The molecule has 3 aromatic rings. The third-order valence-corrected chi connectivity index (χ3v) is 5.94. The Balaban J connectivity index is 1.34. The van der Waals surface area contributed by atoms with Crippen LogP contribution in [-0.2, 0) is 5.60 Å². The van der Waals surface area contributed by atoms with E-state index in [4.69, 9.17) is 11.6 Å². The number of carbonyl (C=O) groups is 1. The van der Waals surface area contributed by atoms with Crippen LogP contribution < -0.4 is 5.32 Å². The number of H-pyrrole nitrogens is 1. The molecule has 3 N–H and O–H groups in total. The van der Waals surface area contributed by atoms with E-state index in [1.807, 2.05) is 12.1 Å². The minimum Gasteiger partial charge on any atom is -0.385 e. The molecule has 2 aliphatic carbocycles. The van der Waals surface area contributed by atoms with Gasteiger partial charge in [0.05, 0.1) is 22.9 Å². The van der Waals surface area contributed by atoms with Crippen molar-refractivity contribution in [3.63, 3.8) is 0 Å². The molecule has 2 heterocycles. The Morgan fingerprint density at radius 3 is 2.85 bits per heavy atom. The van der Waals surface area contributed by atoms with Gasteiger partial charge in [0, 0.05) is 28.8 Å². The fraction of sp³-hybridized carbons (Fsp3) is 0.316. The maximum absolute atomic E-state index is 12.3. The second kappa shape index (κ2) is 5.53. The normalized spacial score (nSPS) is 29.5. The van der Waals surface area contributed by atoms with E-state index < -0.39 is 5.60 Å². The van der Waals surface area contributed by atoms with Crippen molar-refractivity contribution < 1.29 is 9.90 Å². The molecule has 7 heteroatoms. The molecule has 0 aliphatic heterocycles. The smallest absolute Gasteiger partial charge is 0.253 e. The van der Waals surface area contributed by atoms with Crippen molar-refractivity contribution in [2.45, 2.75) is 24.5 Å². The van der Waals surface area contributed by atoms with Crippen molar-refractivity contribution in [3.05, 3.63) is 59.0 Å². The minimum atomic E-state index is -0.933. The topological polar surface area (TPSA) is 90.9 Å². The van der Waals surface area contributed by atoms with Gasteiger partial charge in [0.15, 0.2) is 0 Å². The van der Waals surface area contributed by atoms with Gasteiger partial charge in [0.25, 0.3) is 5.91 Å². The number of halogens is 1. The number of aromatic nitrogens is 3. The van der Waals surface area contributed by atoms with Gasteiger partial charge in [-0.3, -0.25) is 14.9 Å². The Labute approximate surface area is 154 Å². The molecular formula is C19H17ClN4O2. The molecule has 1 amide bonds. The zero-order valence-corrected chi connectivity index (χ0v) is 14.6. The average molecular weight is 369 g/mol. The number of rotatable bonds is 3. The van der Waals surface area contributed by atoms with Crippen LogP contribution in [0.25, 0.3) is 10.9 Å². The van der Waals surface area contributed by atoms with Crippen molar-refractivity contribution in [2.24, 2.45) is 11.8 Å². The molecule has 0 bridgehead atoms. The number of amides is 1. The number of hydrogen-bond acceptors (Lipinski definition) is 4. The van der Waals surface area contributed by atoms with Gasteiger partial charge in [-0.15, -0.1) is 0 Å². The average Bonchev–Trinajstić information content (AvgIpc) is 3.01. The van der Waals surface area contributed by atoms with Gasteiger partial charge in [0.2, 0.25) is 0 Å². The SMILES string of the molecule is O=C(NC1C2CC(O)(c3cc(Cl)cc4[nH]ncc34)CC21)c1cccnc1. The van der Waals surface area contributed by atoms with E-state index in [1.165, 1.54) is 0 Å². The molecule has 2 aliphatic rings. The summed E-state index contributed by atoms with van der Waals surface area (Å²) >= 11 is 6.21. The lowest BCUT2D eigenvalue weighted by atomic mass is 9.86. The Morgan fingerprint density at radius 1 is 1.31 bits per heavy atom. The highest BCUT2D eigenvalue weighted by molar-refractivity contribution is 6.31. The lowest BCUT2D eigenvalue weighted by Crippen LogP contribution is -2.33. The number of pyridine rings is 1. The molecule has 2 atom stereocenters. The first kappa shape index (κ1) is 15.8. The molecule has 2 aromatic heterocycles. The van der Waals surface area contributed by atoms with Gasteiger partial charge in [0.1, 0.15) is 0 Å². The molecular weight excluding hydrogens is 352 g/mol. The van der Waals surface area contributed by atoms with E-state index in [0.29, 0.717) is 23.4 Å². The lowest BCUT2D eigenvalue weighted by molar-refractivity contribution is 0.0293. The fourth-order valence-electron chi connectivity index (χ4n) is 4.43. The third kappa shape index (κ3) is 2.40. The predicted octanol–water partition coefficient (Wildman–Crippen LogP) is 2.64. The van der Waals surface area contributed by atoms with Crippen LogP contribution in [-0.4, -0.2) is 32.2 Å². The van der Waals surface area contributed by atoms with Crippen LogP contribution in [0.5, 0.6) is 0 Å². The van der Waals surface area contributed by atoms with E-state index in [9.17, 15) is 9.90 Å². The summed E-state index contributed by atoms with van der Waals surface area (Å²) < 4.78 is 0. The second-order valence-electron chi connectivity index (χ2n) is 7.29. The number of benzene rings is 1. The van der Waals surface area contributed by atoms with E-state index in [-0.39, 0.29) is 23.8 Å². The van der Waals surface area contributed by atoms with Gasteiger partial charge in [-0.2, -0.15) is 5.10 Å². The van der Waals surface area contributed by atoms with Crippen molar-refractivity contribution in [3.8, 4) is 0 Å². The van der Waals surface area contributed by atoms with Crippen LogP contribution in [0.15, 0.2) is 42.9 Å². The standard InChI is InChI=1S/C19H17ClN4O2/c20-11-4-15(14-9-22-24-16(14)5-11)19(26)6-12-13(7-19)17(12)23-18(25)10-2-1-3-21-8-10/h1-5,8-9,12-13,17,26H,6-7H2,(H,22,24)(H,23,25). The molecule has 5 rings (SSSR count). The summed E-state index contributed by atoms with van der Waals surface area (Å²) in [4.78, 5) is 16.3. The van der Waals surface area contributed by atoms with E-state index in [1.54, 1.807) is 30.7 Å². The first-order valence-corrected chi connectivity index (χ1v) is 8.99. The number of hydrogen-bond donors (Lipinski definition) is 3. The summed E-state index contributed by atoms with van der Waals surface area (Å²) in [6.45, 7) is 0. The highest BCUT2D eigenvalue weighted by Gasteiger charge is 2.62. The fourth-order valence-corrected chi connectivity index (χ4v) is 4.65. The minimum absolute atomic E-state index is 0.110. The predicted molar refractivity (Wildman–Crippen MR) is 96.7 cm³/mol. The first-order valence-electron chi connectivity index (χ1n) is 8.61. The summed E-state index contributed by atoms with van der Waals surface area (Å²) in [5, 5.41) is 22.8. The van der Waals surface area contributed by atoms with Crippen molar-refractivity contribution >= 4 is 28.4 Å². The van der Waals surface area contributed by atoms with Gasteiger partial charge in [-0.05, 0) is 54.5 Å². The van der Waals surface area contributed by atoms with Crippen LogP contribution in [0, 0.1) is 11.8 Å². The molecule has 2 fully saturated rings. The third-order valence-electron chi connectivity index (χ3n) is 5.72. The van der Waals surface area contributed by atoms with Gasteiger partial charge in [-0.1, -0.05) is 11.6 Å². The maximum Gasteiger partial charge on any atom is 0.253 e. The molecule has 26 heavy (non-hydrogen) atoms. The zero-order chi connectivity index (χ0) is 17.9. The molecule has 2 saturated carbocycles. The quantitative estimate of drug-likeness (QED) is 0.662. The van der Waals surface area contributed by atoms with E-state index in [2.05, 4.69) is 20.5 Å². The van der Waals surface area contributed by atoms with Crippen molar-refractivity contribution in [2.75, 3.05) is 0 Å². The summed E-state index contributed by atoms with van der Waals surface area (Å²) in [6.07, 6.45) is 6.15. The van der Waals surface area contributed by atoms with E-state index in [0.717, 1.165) is 16.5 Å². The molecule has 6 nitrogen and oxygen atoms in total. The van der Waals surface area contributed by atoms with Gasteiger partial charge in [-0.25, -0.2) is 0 Å². The number of carbonyl (C=O) groups excluding carboxylic acids is 1. The Bertz CT molecular complexity index is 991. The Hall–Kier alpha value is -2.44. The number of nitrogens with zero attached hydrogens (tertiary/aromatic N) is 2.